The maximum Gasteiger partial charge on any atom is 0.103 e. The summed E-state index contributed by atoms with van der Waals surface area (Å²) in [5.74, 6) is 0. The molecule has 0 heterocycles. The average molecular weight is 368 g/mol. The molecule has 0 aliphatic carbocycles. The molecule has 0 saturated carbocycles. The summed E-state index contributed by atoms with van der Waals surface area (Å²) in [5, 5.41) is 3.39. The van der Waals surface area contributed by atoms with E-state index in [2.05, 4.69) is 47.0 Å². The lowest BCUT2D eigenvalue weighted by molar-refractivity contribution is 1.40. The smallest absolute Gasteiger partial charge is 0.103 e. The van der Waals surface area contributed by atoms with Gasteiger partial charge in [-0.2, -0.15) is 0 Å². The molecule has 0 atom stereocenters. The molecule has 2 nitrogen and oxygen atoms in total. The van der Waals surface area contributed by atoms with Gasteiger partial charge in [0.1, 0.15) is 4.99 Å². The van der Waals surface area contributed by atoms with Crippen LogP contribution in [0.15, 0.2) is 42.5 Å². The van der Waals surface area contributed by atoms with Crippen molar-refractivity contribution in [1.82, 2.24) is 0 Å². The van der Waals surface area contributed by atoms with Gasteiger partial charge in [-0.25, -0.2) is 0 Å². The SMILES string of the molecule is Cc1c(I)cccc1Nc1ccc(C(N)=S)cc1. The number of hydrogen-bond donors (Lipinski definition) is 2. The molecule has 0 radical (unpaired) electrons. The van der Waals surface area contributed by atoms with E-state index in [1.54, 1.807) is 0 Å². The highest BCUT2D eigenvalue weighted by atomic mass is 127. The number of anilines is 2. The minimum atomic E-state index is 0.423. The van der Waals surface area contributed by atoms with Crippen LogP contribution in [0.1, 0.15) is 11.1 Å². The monoisotopic (exact) mass is 368 g/mol. The molecule has 0 unspecified atom stereocenters. The number of benzene rings is 2. The fourth-order valence-electron chi connectivity index (χ4n) is 1.62. The van der Waals surface area contributed by atoms with Crippen LogP contribution in [0, 0.1) is 10.5 Å². The van der Waals surface area contributed by atoms with Crippen molar-refractivity contribution in [2.24, 2.45) is 5.73 Å². The zero-order valence-corrected chi connectivity index (χ0v) is 12.9. The molecule has 0 aliphatic rings. The Kier molecular flexibility index (Phi) is 4.19. The van der Waals surface area contributed by atoms with Crippen LogP contribution in [0.3, 0.4) is 0 Å². The van der Waals surface area contributed by atoms with Crippen LogP contribution in [0.5, 0.6) is 0 Å². The van der Waals surface area contributed by atoms with E-state index in [0.717, 1.165) is 16.9 Å². The van der Waals surface area contributed by atoms with Crippen LogP contribution in [-0.4, -0.2) is 4.99 Å². The summed E-state index contributed by atoms with van der Waals surface area (Å²) in [4.78, 5) is 0.423. The molecule has 3 N–H and O–H groups in total. The Morgan fingerprint density at radius 1 is 1.17 bits per heavy atom. The Bertz CT molecular complexity index is 579. The van der Waals surface area contributed by atoms with Crippen LogP contribution >= 0.6 is 34.8 Å². The van der Waals surface area contributed by atoms with E-state index in [-0.39, 0.29) is 0 Å². The summed E-state index contributed by atoms with van der Waals surface area (Å²) in [6.45, 7) is 2.10. The van der Waals surface area contributed by atoms with Gasteiger partial charge in [0.25, 0.3) is 0 Å². The first kappa shape index (κ1) is 13.3. The molecule has 92 valence electrons. The van der Waals surface area contributed by atoms with Crippen LogP contribution in [-0.2, 0) is 0 Å². The van der Waals surface area contributed by atoms with Crippen LogP contribution in [0.2, 0.25) is 0 Å². The predicted octanol–water partition coefficient (Wildman–Crippen LogP) is 3.98. The van der Waals surface area contributed by atoms with Gasteiger partial charge in [0, 0.05) is 20.5 Å². The van der Waals surface area contributed by atoms with Gasteiger partial charge in [0.15, 0.2) is 0 Å². The van der Waals surface area contributed by atoms with Gasteiger partial charge in [-0.1, -0.05) is 18.3 Å². The molecule has 0 saturated heterocycles. The van der Waals surface area contributed by atoms with Crippen molar-refractivity contribution in [2.75, 3.05) is 5.32 Å². The summed E-state index contributed by atoms with van der Waals surface area (Å²) in [7, 11) is 0. The van der Waals surface area contributed by atoms with Gasteiger partial charge in [-0.3, -0.25) is 0 Å². The third kappa shape index (κ3) is 3.00. The Labute approximate surface area is 126 Å². The van der Waals surface area contributed by atoms with Crippen LogP contribution in [0.25, 0.3) is 0 Å². The molecular formula is C14H13IN2S. The third-order valence-electron chi connectivity index (χ3n) is 2.72. The molecule has 2 aromatic rings. The first-order chi connectivity index (χ1) is 8.58. The minimum absolute atomic E-state index is 0.423. The van der Waals surface area contributed by atoms with Gasteiger partial charge < -0.3 is 11.1 Å². The van der Waals surface area contributed by atoms with Gasteiger partial charge in [-0.05, 0) is 71.5 Å². The molecule has 0 amide bonds. The third-order valence-corrected chi connectivity index (χ3v) is 4.12. The summed E-state index contributed by atoms with van der Waals surface area (Å²) in [5.41, 5.74) is 9.84. The van der Waals surface area contributed by atoms with E-state index in [0.29, 0.717) is 4.99 Å². The van der Waals surface area contributed by atoms with Crippen molar-refractivity contribution in [1.29, 1.82) is 0 Å². The zero-order chi connectivity index (χ0) is 13.1. The maximum atomic E-state index is 5.57. The normalized spacial score (nSPS) is 10.1. The van der Waals surface area contributed by atoms with Crippen molar-refractivity contribution in [2.45, 2.75) is 6.92 Å². The molecule has 2 rings (SSSR count). The Balaban J connectivity index is 2.24. The molecule has 4 heteroatoms. The summed E-state index contributed by atoms with van der Waals surface area (Å²) < 4.78 is 1.25. The minimum Gasteiger partial charge on any atom is -0.389 e. The fourth-order valence-corrected chi connectivity index (χ4v) is 2.25. The van der Waals surface area contributed by atoms with Crippen molar-refractivity contribution < 1.29 is 0 Å². The van der Waals surface area contributed by atoms with E-state index in [4.69, 9.17) is 18.0 Å². The van der Waals surface area contributed by atoms with Crippen LogP contribution in [0.4, 0.5) is 11.4 Å². The van der Waals surface area contributed by atoms with E-state index >= 15 is 0 Å². The standard InChI is InChI=1S/C14H13IN2S/c1-9-12(15)3-2-4-13(9)17-11-7-5-10(6-8-11)14(16)18/h2-8,17H,1H3,(H2,16,18). The highest BCUT2D eigenvalue weighted by molar-refractivity contribution is 14.1. The van der Waals surface area contributed by atoms with Crippen molar-refractivity contribution in [3.63, 3.8) is 0 Å². The molecule has 0 aromatic heterocycles. The van der Waals surface area contributed by atoms with E-state index in [1.165, 1.54) is 9.13 Å². The molecule has 0 aliphatic heterocycles. The topological polar surface area (TPSA) is 38.0 Å². The number of thiocarbonyl (C=S) groups is 1. The Morgan fingerprint density at radius 3 is 2.44 bits per heavy atom. The number of hydrogen-bond acceptors (Lipinski definition) is 2. The number of nitrogens with one attached hydrogen (secondary N) is 1. The highest BCUT2D eigenvalue weighted by Gasteiger charge is 2.02. The Morgan fingerprint density at radius 2 is 1.83 bits per heavy atom. The number of halogens is 1. The lowest BCUT2D eigenvalue weighted by atomic mass is 10.1. The predicted molar refractivity (Wildman–Crippen MR) is 89.5 cm³/mol. The van der Waals surface area contributed by atoms with E-state index in [9.17, 15) is 0 Å². The second kappa shape index (κ2) is 5.67. The largest absolute Gasteiger partial charge is 0.389 e. The lowest BCUT2D eigenvalue weighted by Gasteiger charge is -2.11. The number of rotatable bonds is 3. The zero-order valence-electron chi connectivity index (χ0n) is 9.91. The maximum absolute atomic E-state index is 5.57. The first-order valence-electron chi connectivity index (χ1n) is 5.50. The Hall–Kier alpha value is -1.14. The van der Waals surface area contributed by atoms with E-state index in [1.807, 2.05) is 30.3 Å². The first-order valence-corrected chi connectivity index (χ1v) is 6.98. The second-order valence-corrected chi connectivity index (χ2v) is 5.58. The summed E-state index contributed by atoms with van der Waals surface area (Å²) in [6.07, 6.45) is 0. The van der Waals surface area contributed by atoms with Crippen molar-refractivity contribution >= 4 is 51.2 Å². The molecule has 0 fully saturated rings. The van der Waals surface area contributed by atoms with Crippen LogP contribution < -0.4 is 11.1 Å². The molecule has 2 aromatic carbocycles. The molecule has 18 heavy (non-hydrogen) atoms. The average Bonchev–Trinajstić information content (AvgIpc) is 2.36. The van der Waals surface area contributed by atoms with Gasteiger partial charge in [0.2, 0.25) is 0 Å². The highest BCUT2D eigenvalue weighted by Crippen LogP contribution is 2.24. The molecular weight excluding hydrogens is 355 g/mol. The van der Waals surface area contributed by atoms with E-state index < -0.39 is 0 Å². The molecule has 0 spiro atoms. The number of nitrogens with two attached hydrogens (primary N) is 1. The van der Waals surface area contributed by atoms with Gasteiger partial charge in [-0.15, -0.1) is 0 Å². The van der Waals surface area contributed by atoms with Crippen molar-refractivity contribution in [3.8, 4) is 0 Å². The molecule has 0 bridgehead atoms. The van der Waals surface area contributed by atoms with Gasteiger partial charge in [0.05, 0.1) is 0 Å². The fraction of sp³-hybridized carbons (Fsp3) is 0.0714. The second-order valence-electron chi connectivity index (χ2n) is 3.98. The van der Waals surface area contributed by atoms with Gasteiger partial charge >= 0.3 is 0 Å². The quantitative estimate of drug-likeness (QED) is 0.636. The summed E-state index contributed by atoms with van der Waals surface area (Å²) >= 11 is 7.26. The summed E-state index contributed by atoms with van der Waals surface area (Å²) in [6, 6.07) is 14.0. The lowest BCUT2D eigenvalue weighted by Crippen LogP contribution is -2.08. The van der Waals surface area contributed by atoms with Crippen molar-refractivity contribution in [3.05, 3.63) is 57.2 Å².